The second-order valence-electron chi connectivity index (χ2n) is 4.06. The number of hydrogen-bond acceptors (Lipinski definition) is 3. The Balaban J connectivity index is 2.36. The zero-order valence-corrected chi connectivity index (χ0v) is 9.84. The first kappa shape index (κ1) is 12.3. The van der Waals surface area contributed by atoms with Crippen LogP contribution < -0.4 is 5.32 Å². The summed E-state index contributed by atoms with van der Waals surface area (Å²) in [6.45, 7) is 7.32. The maximum Gasteiger partial charge on any atom is 0.120 e. The number of rotatable bonds is 6. The van der Waals surface area contributed by atoms with E-state index in [2.05, 4.69) is 5.32 Å². The molecule has 86 valence electrons. The fraction of sp³-hybridized carbons (Fsp3) is 0.667. The molecule has 2 N–H and O–H groups in total. The molecule has 3 nitrogen and oxygen atoms in total. The molecule has 0 atom stereocenters. The lowest BCUT2D eigenvalue weighted by Gasteiger charge is -2.25. The van der Waals surface area contributed by atoms with Gasteiger partial charge >= 0.3 is 0 Å². The molecule has 3 heteroatoms. The van der Waals surface area contributed by atoms with Crippen molar-refractivity contribution in [3.8, 4) is 0 Å². The Morgan fingerprint density at radius 2 is 2.07 bits per heavy atom. The fourth-order valence-electron chi connectivity index (χ4n) is 1.49. The highest BCUT2D eigenvalue weighted by Crippen LogP contribution is 2.14. The lowest BCUT2D eigenvalue weighted by Crippen LogP contribution is -2.39. The van der Waals surface area contributed by atoms with E-state index in [9.17, 15) is 5.11 Å². The summed E-state index contributed by atoms with van der Waals surface area (Å²) >= 11 is 0. The molecule has 0 unspecified atom stereocenters. The predicted molar refractivity (Wildman–Crippen MR) is 60.7 cm³/mol. The van der Waals surface area contributed by atoms with Crippen LogP contribution in [0.5, 0.6) is 0 Å². The first-order valence-electron chi connectivity index (χ1n) is 5.57. The topological polar surface area (TPSA) is 45.4 Å². The van der Waals surface area contributed by atoms with E-state index < -0.39 is 5.60 Å². The van der Waals surface area contributed by atoms with Crippen molar-refractivity contribution in [2.75, 3.05) is 6.54 Å². The zero-order valence-electron chi connectivity index (χ0n) is 9.84. The summed E-state index contributed by atoms with van der Waals surface area (Å²) in [4.78, 5) is 0. The van der Waals surface area contributed by atoms with Gasteiger partial charge in [0.15, 0.2) is 0 Å². The van der Waals surface area contributed by atoms with Gasteiger partial charge in [0.1, 0.15) is 5.76 Å². The minimum Gasteiger partial charge on any atom is -0.468 e. The SMILES string of the molecule is CCC(O)(CC)CNCc1occc1C. The molecule has 0 aliphatic heterocycles. The van der Waals surface area contributed by atoms with E-state index in [1.165, 1.54) is 0 Å². The van der Waals surface area contributed by atoms with Gasteiger partial charge in [0, 0.05) is 6.54 Å². The van der Waals surface area contributed by atoms with Gasteiger partial charge in [0.25, 0.3) is 0 Å². The molecule has 0 radical (unpaired) electrons. The molecule has 0 amide bonds. The summed E-state index contributed by atoms with van der Waals surface area (Å²) in [6.07, 6.45) is 3.24. The van der Waals surface area contributed by atoms with Crippen molar-refractivity contribution >= 4 is 0 Å². The van der Waals surface area contributed by atoms with Crippen LogP contribution in [0.3, 0.4) is 0 Å². The Labute approximate surface area is 91.5 Å². The molecule has 0 fully saturated rings. The molecule has 0 saturated carbocycles. The smallest absolute Gasteiger partial charge is 0.120 e. The Kier molecular flexibility index (Phi) is 4.36. The van der Waals surface area contributed by atoms with Gasteiger partial charge in [-0.3, -0.25) is 0 Å². The van der Waals surface area contributed by atoms with Crippen molar-refractivity contribution in [1.29, 1.82) is 0 Å². The number of furan rings is 1. The number of aliphatic hydroxyl groups is 1. The zero-order chi connectivity index (χ0) is 11.3. The largest absolute Gasteiger partial charge is 0.468 e. The van der Waals surface area contributed by atoms with Gasteiger partial charge in [-0.25, -0.2) is 0 Å². The average molecular weight is 211 g/mol. The Hall–Kier alpha value is -0.800. The Bertz CT molecular complexity index is 290. The van der Waals surface area contributed by atoms with Gasteiger partial charge in [-0.2, -0.15) is 0 Å². The van der Waals surface area contributed by atoms with Crippen molar-refractivity contribution in [2.45, 2.75) is 45.8 Å². The van der Waals surface area contributed by atoms with E-state index in [-0.39, 0.29) is 0 Å². The van der Waals surface area contributed by atoms with Crippen LogP contribution in [-0.4, -0.2) is 17.3 Å². The second-order valence-corrected chi connectivity index (χ2v) is 4.06. The molecule has 0 aliphatic carbocycles. The molecule has 0 saturated heterocycles. The highest BCUT2D eigenvalue weighted by Gasteiger charge is 2.21. The predicted octanol–water partition coefficient (Wildman–Crippen LogP) is 2.23. The third-order valence-electron chi connectivity index (χ3n) is 3.02. The molecular weight excluding hydrogens is 190 g/mol. The molecular formula is C12H21NO2. The maximum absolute atomic E-state index is 10.0. The Morgan fingerprint density at radius 1 is 1.40 bits per heavy atom. The summed E-state index contributed by atoms with van der Waals surface area (Å²) in [5.41, 5.74) is 0.569. The van der Waals surface area contributed by atoms with Crippen molar-refractivity contribution in [1.82, 2.24) is 5.32 Å². The molecule has 15 heavy (non-hydrogen) atoms. The maximum atomic E-state index is 10.0. The molecule has 0 spiro atoms. The molecule has 1 rings (SSSR count). The summed E-state index contributed by atoms with van der Waals surface area (Å²) in [5, 5.41) is 13.3. The molecule has 0 bridgehead atoms. The van der Waals surface area contributed by atoms with E-state index >= 15 is 0 Å². The van der Waals surface area contributed by atoms with Crippen LogP contribution in [0, 0.1) is 6.92 Å². The van der Waals surface area contributed by atoms with Crippen LogP contribution in [0.2, 0.25) is 0 Å². The van der Waals surface area contributed by atoms with Crippen LogP contribution in [0.1, 0.15) is 38.0 Å². The first-order valence-corrected chi connectivity index (χ1v) is 5.57. The van der Waals surface area contributed by atoms with Crippen LogP contribution >= 0.6 is 0 Å². The van der Waals surface area contributed by atoms with Crippen molar-refractivity contribution < 1.29 is 9.52 Å². The number of aryl methyl sites for hydroxylation is 1. The summed E-state index contributed by atoms with van der Waals surface area (Å²) in [7, 11) is 0. The summed E-state index contributed by atoms with van der Waals surface area (Å²) < 4.78 is 5.30. The van der Waals surface area contributed by atoms with Gasteiger partial charge in [-0.15, -0.1) is 0 Å². The molecule has 0 aromatic carbocycles. The number of hydrogen-bond donors (Lipinski definition) is 2. The number of nitrogens with one attached hydrogen (secondary N) is 1. The third-order valence-corrected chi connectivity index (χ3v) is 3.02. The van der Waals surface area contributed by atoms with Crippen molar-refractivity contribution in [3.63, 3.8) is 0 Å². The van der Waals surface area contributed by atoms with Gasteiger partial charge in [-0.1, -0.05) is 13.8 Å². The normalized spacial score (nSPS) is 12.0. The fourth-order valence-corrected chi connectivity index (χ4v) is 1.49. The van der Waals surface area contributed by atoms with Gasteiger partial charge in [0.05, 0.1) is 18.4 Å². The highest BCUT2D eigenvalue weighted by molar-refractivity contribution is 5.14. The summed E-state index contributed by atoms with van der Waals surface area (Å²) in [6, 6.07) is 1.95. The van der Waals surface area contributed by atoms with Crippen LogP contribution in [-0.2, 0) is 6.54 Å². The molecule has 1 aromatic heterocycles. The van der Waals surface area contributed by atoms with E-state index in [0.717, 1.165) is 24.2 Å². The van der Waals surface area contributed by atoms with E-state index in [1.54, 1.807) is 6.26 Å². The first-order chi connectivity index (χ1) is 7.11. The van der Waals surface area contributed by atoms with Crippen LogP contribution in [0.15, 0.2) is 16.7 Å². The molecule has 1 aromatic rings. The lowest BCUT2D eigenvalue weighted by molar-refractivity contribution is 0.0319. The quantitative estimate of drug-likeness (QED) is 0.758. The monoisotopic (exact) mass is 211 g/mol. The second kappa shape index (κ2) is 5.33. The van der Waals surface area contributed by atoms with Gasteiger partial charge in [-0.05, 0) is 31.4 Å². The minimum absolute atomic E-state index is 0.583. The highest BCUT2D eigenvalue weighted by atomic mass is 16.3. The lowest BCUT2D eigenvalue weighted by atomic mass is 9.98. The molecule has 0 aliphatic rings. The van der Waals surface area contributed by atoms with Crippen molar-refractivity contribution in [2.24, 2.45) is 0 Å². The Morgan fingerprint density at radius 3 is 2.53 bits per heavy atom. The van der Waals surface area contributed by atoms with Crippen LogP contribution in [0.25, 0.3) is 0 Å². The third kappa shape index (κ3) is 3.36. The average Bonchev–Trinajstić information content (AvgIpc) is 2.64. The molecule has 1 heterocycles. The minimum atomic E-state index is -0.583. The van der Waals surface area contributed by atoms with E-state index in [0.29, 0.717) is 13.1 Å². The van der Waals surface area contributed by atoms with E-state index in [1.807, 2.05) is 26.8 Å². The summed E-state index contributed by atoms with van der Waals surface area (Å²) in [5.74, 6) is 0.949. The van der Waals surface area contributed by atoms with Gasteiger partial charge in [0.2, 0.25) is 0 Å². The van der Waals surface area contributed by atoms with Crippen molar-refractivity contribution in [3.05, 3.63) is 23.7 Å². The van der Waals surface area contributed by atoms with E-state index in [4.69, 9.17) is 4.42 Å². The van der Waals surface area contributed by atoms with Gasteiger partial charge < -0.3 is 14.8 Å². The van der Waals surface area contributed by atoms with Crippen LogP contribution in [0.4, 0.5) is 0 Å². The standard InChI is InChI=1S/C12H21NO2/c1-4-12(14,5-2)9-13-8-11-10(3)6-7-15-11/h6-7,13-14H,4-5,8-9H2,1-3H3.